The number of amides is 1. The van der Waals surface area contributed by atoms with Crippen LogP contribution in [-0.2, 0) is 9.53 Å². The van der Waals surface area contributed by atoms with E-state index in [0.717, 1.165) is 12.8 Å². The summed E-state index contributed by atoms with van der Waals surface area (Å²) in [6.45, 7) is 9.93. The molecule has 136 valence electrons. The Morgan fingerprint density at radius 2 is 2.25 bits per heavy atom. The van der Waals surface area contributed by atoms with Crippen LogP contribution in [0.25, 0.3) is 0 Å². The zero-order valence-corrected chi connectivity index (χ0v) is 15.5. The summed E-state index contributed by atoms with van der Waals surface area (Å²) in [4.78, 5) is 14.5. The van der Waals surface area contributed by atoms with E-state index in [1.807, 2.05) is 17.1 Å². The van der Waals surface area contributed by atoms with Crippen molar-refractivity contribution in [3.63, 3.8) is 0 Å². The fraction of sp³-hybridized carbons (Fsp3) is 0.737. The molecule has 5 heteroatoms. The molecule has 3 unspecified atom stereocenters. The zero-order valence-electron chi connectivity index (χ0n) is 15.5. The van der Waals surface area contributed by atoms with Crippen LogP contribution < -0.4 is 11.1 Å². The average molecular weight is 335 g/mol. The molecule has 0 aromatic heterocycles. The van der Waals surface area contributed by atoms with Crippen LogP contribution in [0.15, 0.2) is 12.2 Å². The topological polar surface area (TPSA) is 67.6 Å². The Morgan fingerprint density at radius 1 is 1.54 bits per heavy atom. The van der Waals surface area contributed by atoms with E-state index in [9.17, 15) is 4.79 Å². The fourth-order valence-electron chi connectivity index (χ4n) is 2.42. The molecular weight excluding hydrogens is 302 g/mol. The van der Waals surface area contributed by atoms with Gasteiger partial charge in [0.15, 0.2) is 0 Å². The summed E-state index contributed by atoms with van der Waals surface area (Å²) < 4.78 is 5.74. The maximum Gasteiger partial charge on any atom is 0.241 e. The van der Waals surface area contributed by atoms with Gasteiger partial charge in [-0.15, -0.1) is 12.3 Å². The summed E-state index contributed by atoms with van der Waals surface area (Å²) in [6, 6.07) is -0.191. The van der Waals surface area contributed by atoms with Crippen molar-refractivity contribution < 1.29 is 9.53 Å². The third-order valence-corrected chi connectivity index (χ3v) is 4.46. The molecule has 1 heterocycles. The monoisotopic (exact) mass is 335 g/mol. The molecule has 0 aliphatic carbocycles. The van der Waals surface area contributed by atoms with E-state index >= 15 is 0 Å². The second-order valence-corrected chi connectivity index (χ2v) is 7.47. The van der Waals surface area contributed by atoms with Gasteiger partial charge in [-0.1, -0.05) is 39.8 Å². The van der Waals surface area contributed by atoms with Crippen LogP contribution in [0, 0.1) is 17.8 Å². The molecule has 1 aliphatic heterocycles. The van der Waals surface area contributed by atoms with Gasteiger partial charge in [-0.2, -0.15) is 0 Å². The minimum absolute atomic E-state index is 0.00537. The van der Waals surface area contributed by atoms with Gasteiger partial charge in [-0.25, -0.2) is 0 Å². The highest BCUT2D eigenvalue weighted by atomic mass is 16.5. The quantitative estimate of drug-likeness (QED) is 0.499. The first-order valence-electron chi connectivity index (χ1n) is 8.77. The molecule has 3 N–H and O–H groups in total. The van der Waals surface area contributed by atoms with Gasteiger partial charge in [0.1, 0.15) is 12.8 Å². The second-order valence-electron chi connectivity index (χ2n) is 7.47. The van der Waals surface area contributed by atoms with Crippen molar-refractivity contribution in [3.05, 3.63) is 12.2 Å². The molecule has 0 spiro atoms. The molecule has 1 rings (SSSR count). The number of nitrogens with zero attached hydrogens (tertiary/aromatic N) is 1. The average Bonchev–Trinajstić information content (AvgIpc) is 2.98. The standard InChI is InChI=1S/C19H33N3O2/c1-6-8-10-15(7-2)21-18(23)16-11-9-12-22(16)14-24-13-17(20)19(3,4)5/h1,9,11,15-17H,7-8,10,12-14,20H2,2-5H3,(H,21,23). The molecule has 0 radical (unpaired) electrons. The lowest BCUT2D eigenvalue weighted by Crippen LogP contribution is -2.48. The molecule has 0 bridgehead atoms. The number of terminal acetylenes is 1. The fourth-order valence-corrected chi connectivity index (χ4v) is 2.42. The molecule has 24 heavy (non-hydrogen) atoms. The van der Waals surface area contributed by atoms with Gasteiger partial charge in [-0.3, -0.25) is 9.69 Å². The third kappa shape index (κ3) is 6.64. The number of ether oxygens (including phenoxy) is 1. The van der Waals surface area contributed by atoms with Gasteiger partial charge in [0.05, 0.1) is 6.61 Å². The lowest BCUT2D eigenvalue weighted by atomic mass is 9.88. The second kappa shape index (κ2) is 9.83. The lowest BCUT2D eigenvalue weighted by molar-refractivity contribution is -0.127. The highest BCUT2D eigenvalue weighted by Gasteiger charge is 2.28. The SMILES string of the molecule is C#CCCC(CC)NC(=O)C1C=CCN1COCC(N)C(C)(C)C. The molecule has 1 aliphatic rings. The van der Waals surface area contributed by atoms with E-state index < -0.39 is 0 Å². The number of nitrogens with two attached hydrogens (primary N) is 1. The van der Waals surface area contributed by atoms with Crippen LogP contribution in [0.2, 0.25) is 0 Å². The van der Waals surface area contributed by atoms with Crippen LogP contribution in [0.5, 0.6) is 0 Å². The molecule has 0 saturated heterocycles. The van der Waals surface area contributed by atoms with E-state index in [1.165, 1.54) is 0 Å². The van der Waals surface area contributed by atoms with Crippen LogP contribution in [-0.4, -0.2) is 48.8 Å². The van der Waals surface area contributed by atoms with Crippen LogP contribution >= 0.6 is 0 Å². The predicted octanol–water partition coefficient (Wildman–Crippen LogP) is 1.88. The molecule has 0 aromatic carbocycles. The smallest absolute Gasteiger partial charge is 0.241 e. The molecule has 0 saturated carbocycles. The van der Waals surface area contributed by atoms with E-state index in [1.54, 1.807) is 0 Å². The van der Waals surface area contributed by atoms with Crippen molar-refractivity contribution in [3.8, 4) is 12.3 Å². The molecular formula is C19H33N3O2. The first-order valence-corrected chi connectivity index (χ1v) is 8.77. The van der Waals surface area contributed by atoms with E-state index in [0.29, 0.717) is 26.3 Å². The summed E-state index contributed by atoms with van der Waals surface area (Å²) >= 11 is 0. The summed E-state index contributed by atoms with van der Waals surface area (Å²) in [5.41, 5.74) is 6.11. The van der Waals surface area contributed by atoms with Crippen molar-refractivity contribution >= 4 is 5.91 Å². The molecule has 3 atom stereocenters. The van der Waals surface area contributed by atoms with Gasteiger partial charge in [-0.05, 0) is 18.3 Å². The van der Waals surface area contributed by atoms with Crippen LogP contribution in [0.1, 0.15) is 47.0 Å². The molecule has 0 aromatic rings. The maximum absolute atomic E-state index is 12.5. The Labute approximate surface area is 147 Å². The Balaban J connectivity index is 2.45. The Morgan fingerprint density at radius 3 is 2.83 bits per heavy atom. The van der Waals surface area contributed by atoms with E-state index in [4.69, 9.17) is 16.9 Å². The number of nitrogens with one attached hydrogen (secondary N) is 1. The largest absolute Gasteiger partial charge is 0.364 e. The van der Waals surface area contributed by atoms with Gasteiger partial charge in [0.2, 0.25) is 5.91 Å². The first-order chi connectivity index (χ1) is 11.3. The maximum atomic E-state index is 12.5. The summed E-state index contributed by atoms with van der Waals surface area (Å²) in [5.74, 6) is 2.64. The van der Waals surface area contributed by atoms with Gasteiger partial charge < -0.3 is 15.8 Å². The number of rotatable bonds is 9. The minimum atomic E-state index is -0.282. The number of carbonyl (C=O) groups is 1. The number of hydrogen-bond donors (Lipinski definition) is 2. The van der Waals surface area contributed by atoms with Crippen molar-refractivity contribution in [2.45, 2.75) is 65.1 Å². The summed E-state index contributed by atoms with van der Waals surface area (Å²) in [7, 11) is 0. The zero-order chi connectivity index (χ0) is 18.2. The van der Waals surface area contributed by atoms with Gasteiger partial charge >= 0.3 is 0 Å². The molecule has 0 fully saturated rings. The normalized spacial score (nSPS) is 20.6. The van der Waals surface area contributed by atoms with Crippen molar-refractivity contribution in [2.24, 2.45) is 11.1 Å². The van der Waals surface area contributed by atoms with E-state index in [-0.39, 0.29) is 29.4 Å². The molecule has 1 amide bonds. The highest BCUT2D eigenvalue weighted by Crippen LogP contribution is 2.18. The van der Waals surface area contributed by atoms with Crippen LogP contribution in [0.3, 0.4) is 0 Å². The lowest BCUT2D eigenvalue weighted by Gasteiger charge is -2.29. The summed E-state index contributed by atoms with van der Waals surface area (Å²) in [6.07, 6.45) is 11.6. The minimum Gasteiger partial charge on any atom is -0.364 e. The summed E-state index contributed by atoms with van der Waals surface area (Å²) in [5, 5.41) is 3.09. The number of hydrogen-bond acceptors (Lipinski definition) is 4. The predicted molar refractivity (Wildman–Crippen MR) is 98.2 cm³/mol. The molecule has 5 nitrogen and oxygen atoms in total. The van der Waals surface area contributed by atoms with Crippen molar-refractivity contribution in [1.29, 1.82) is 0 Å². The van der Waals surface area contributed by atoms with Gasteiger partial charge in [0, 0.05) is 25.0 Å². The van der Waals surface area contributed by atoms with Gasteiger partial charge in [0.25, 0.3) is 0 Å². The van der Waals surface area contributed by atoms with E-state index in [2.05, 4.69) is 38.9 Å². The Kier molecular flexibility index (Phi) is 8.47. The first kappa shape index (κ1) is 20.7. The van der Waals surface area contributed by atoms with Crippen LogP contribution in [0.4, 0.5) is 0 Å². The van der Waals surface area contributed by atoms with Crippen molar-refractivity contribution in [1.82, 2.24) is 10.2 Å². The highest BCUT2D eigenvalue weighted by molar-refractivity contribution is 5.84. The Bertz CT molecular complexity index is 462. The van der Waals surface area contributed by atoms with Crippen molar-refractivity contribution in [2.75, 3.05) is 19.9 Å². The third-order valence-electron chi connectivity index (χ3n) is 4.46. The Hall–Kier alpha value is -1.35. The number of carbonyl (C=O) groups excluding carboxylic acids is 1.